The maximum absolute atomic E-state index is 12.3. The minimum absolute atomic E-state index is 0.0222. The minimum atomic E-state index is -3.42. The zero-order valence-electron chi connectivity index (χ0n) is 19.9. The van der Waals surface area contributed by atoms with Crippen molar-refractivity contribution in [3.8, 4) is 17.2 Å². The van der Waals surface area contributed by atoms with Crippen molar-refractivity contribution in [2.75, 3.05) is 25.4 Å². The van der Waals surface area contributed by atoms with Crippen LogP contribution in [-0.2, 0) is 27.7 Å². The van der Waals surface area contributed by atoms with Gasteiger partial charge in [-0.25, -0.2) is 17.7 Å². The number of ether oxygens (including phenoxy) is 1. The number of hydrogen-bond acceptors (Lipinski definition) is 6. The van der Waals surface area contributed by atoms with Gasteiger partial charge in [0.25, 0.3) is 0 Å². The average molecular weight is 499 g/mol. The molecule has 1 aromatic heterocycles. The van der Waals surface area contributed by atoms with Crippen molar-refractivity contribution >= 4 is 16.0 Å². The third-order valence-electron chi connectivity index (χ3n) is 6.40. The standard InChI is InChI=1S/C26H30N2O6S/c1-3-35(31,32)28-16-21(23(17-28)26(29)30)14-19-8-7-11-22(15-19)33-13-12-24-18(2)34-25(27-24)20-9-5-4-6-10-20/h4-11,15,21,23H,3,12-14,16-17H2,1-2H3,(H,29,30)/t21-,23+/m1/s1. The minimum Gasteiger partial charge on any atom is -0.493 e. The van der Waals surface area contributed by atoms with E-state index in [2.05, 4.69) is 4.98 Å². The molecule has 9 heteroatoms. The third kappa shape index (κ3) is 5.91. The number of sulfonamides is 1. The van der Waals surface area contributed by atoms with Crippen molar-refractivity contribution in [3.05, 3.63) is 71.6 Å². The molecular formula is C26H30N2O6S. The summed E-state index contributed by atoms with van der Waals surface area (Å²) in [6.45, 7) is 4.11. The van der Waals surface area contributed by atoms with E-state index in [1.807, 2.05) is 61.5 Å². The summed E-state index contributed by atoms with van der Waals surface area (Å²) in [7, 11) is -3.42. The Balaban J connectivity index is 1.37. The van der Waals surface area contributed by atoms with Gasteiger partial charge in [-0.3, -0.25) is 4.79 Å². The smallest absolute Gasteiger partial charge is 0.308 e. The molecule has 2 atom stereocenters. The summed E-state index contributed by atoms with van der Waals surface area (Å²) in [4.78, 5) is 16.4. The van der Waals surface area contributed by atoms with Crippen LogP contribution in [0.15, 0.2) is 59.0 Å². The van der Waals surface area contributed by atoms with Crippen LogP contribution < -0.4 is 4.74 Å². The molecule has 1 N–H and O–H groups in total. The number of aliphatic carboxylic acids is 1. The molecule has 4 rings (SSSR count). The maximum Gasteiger partial charge on any atom is 0.308 e. The monoisotopic (exact) mass is 498 g/mol. The number of carboxylic acid groups (broad SMARTS) is 1. The van der Waals surface area contributed by atoms with E-state index in [9.17, 15) is 18.3 Å². The van der Waals surface area contributed by atoms with Gasteiger partial charge in [0.2, 0.25) is 15.9 Å². The number of oxazole rings is 1. The molecule has 0 bridgehead atoms. The Hall–Kier alpha value is -3.17. The predicted octanol–water partition coefficient (Wildman–Crippen LogP) is 3.80. The Morgan fingerprint density at radius 3 is 2.66 bits per heavy atom. The predicted molar refractivity (Wildman–Crippen MR) is 132 cm³/mol. The van der Waals surface area contributed by atoms with Crippen LogP contribution >= 0.6 is 0 Å². The molecule has 0 saturated carbocycles. The molecule has 0 aliphatic carbocycles. The van der Waals surface area contributed by atoms with E-state index in [0.29, 0.717) is 31.1 Å². The number of aryl methyl sites for hydroxylation is 1. The SMILES string of the molecule is CCS(=O)(=O)N1C[C@@H](Cc2cccc(OCCc3nc(-c4ccccc4)oc3C)c2)[C@@H](C(=O)O)C1. The summed E-state index contributed by atoms with van der Waals surface area (Å²) in [5.74, 6) is 0.00209. The molecule has 8 nitrogen and oxygen atoms in total. The maximum atomic E-state index is 12.3. The van der Waals surface area contributed by atoms with E-state index in [-0.39, 0.29) is 24.8 Å². The second kappa shape index (κ2) is 10.6. The van der Waals surface area contributed by atoms with Crippen LogP contribution in [0.25, 0.3) is 11.5 Å². The first-order valence-electron chi connectivity index (χ1n) is 11.7. The Morgan fingerprint density at radius 2 is 1.94 bits per heavy atom. The topological polar surface area (TPSA) is 110 Å². The van der Waals surface area contributed by atoms with Gasteiger partial charge in [-0.15, -0.1) is 0 Å². The number of nitrogens with zero attached hydrogens (tertiary/aromatic N) is 2. The molecular weight excluding hydrogens is 468 g/mol. The first kappa shape index (κ1) is 24.9. The fraction of sp³-hybridized carbons (Fsp3) is 0.385. The number of carbonyl (C=O) groups is 1. The molecule has 1 saturated heterocycles. The van der Waals surface area contributed by atoms with Gasteiger partial charge < -0.3 is 14.3 Å². The van der Waals surface area contributed by atoms with Crippen molar-refractivity contribution in [2.45, 2.75) is 26.7 Å². The Bertz CT molecular complexity index is 1270. The summed E-state index contributed by atoms with van der Waals surface area (Å²) in [5.41, 5.74) is 2.68. The number of hydrogen-bond donors (Lipinski definition) is 1. The number of benzene rings is 2. The average Bonchev–Trinajstić information content (AvgIpc) is 3.44. The fourth-order valence-electron chi connectivity index (χ4n) is 4.42. The molecule has 0 unspecified atom stereocenters. The Morgan fingerprint density at radius 1 is 1.17 bits per heavy atom. The van der Waals surface area contributed by atoms with Gasteiger partial charge in [0.15, 0.2) is 0 Å². The molecule has 1 aliphatic rings. The number of carboxylic acids is 1. The first-order chi connectivity index (χ1) is 16.8. The Kier molecular flexibility index (Phi) is 7.57. The van der Waals surface area contributed by atoms with E-state index in [1.165, 1.54) is 4.31 Å². The largest absolute Gasteiger partial charge is 0.493 e. The van der Waals surface area contributed by atoms with Gasteiger partial charge in [-0.05, 0) is 56.0 Å². The molecule has 35 heavy (non-hydrogen) atoms. The number of rotatable bonds is 10. The van der Waals surface area contributed by atoms with Gasteiger partial charge >= 0.3 is 5.97 Å². The van der Waals surface area contributed by atoms with Gasteiger partial charge in [0.05, 0.1) is 24.0 Å². The summed E-state index contributed by atoms with van der Waals surface area (Å²) in [6, 6.07) is 17.2. The number of aromatic nitrogens is 1. The normalized spacial score (nSPS) is 18.6. The van der Waals surface area contributed by atoms with Crippen LogP contribution in [0.2, 0.25) is 0 Å². The highest BCUT2D eigenvalue weighted by atomic mass is 32.2. The molecule has 3 aromatic rings. The molecule has 0 amide bonds. The van der Waals surface area contributed by atoms with Crippen molar-refractivity contribution in [3.63, 3.8) is 0 Å². The highest BCUT2D eigenvalue weighted by Gasteiger charge is 2.41. The second-order valence-corrected chi connectivity index (χ2v) is 11.0. The van der Waals surface area contributed by atoms with Crippen molar-refractivity contribution in [1.82, 2.24) is 9.29 Å². The van der Waals surface area contributed by atoms with Crippen LogP contribution in [0.1, 0.15) is 23.9 Å². The highest BCUT2D eigenvalue weighted by molar-refractivity contribution is 7.89. The van der Waals surface area contributed by atoms with Crippen LogP contribution in [0.5, 0.6) is 5.75 Å². The van der Waals surface area contributed by atoms with Crippen LogP contribution in [-0.4, -0.2) is 54.2 Å². The Labute approximate surface area is 205 Å². The van der Waals surface area contributed by atoms with Gasteiger partial charge in [-0.1, -0.05) is 30.3 Å². The van der Waals surface area contributed by atoms with Gasteiger partial charge in [-0.2, -0.15) is 0 Å². The van der Waals surface area contributed by atoms with E-state index in [0.717, 1.165) is 22.6 Å². The van der Waals surface area contributed by atoms with Crippen molar-refractivity contribution < 1.29 is 27.5 Å². The van der Waals surface area contributed by atoms with E-state index >= 15 is 0 Å². The van der Waals surface area contributed by atoms with Crippen LogP contribution in [0.4, 0.5) is 0 Å². The summed E-state index contributed by atoms with van der Waals surface area (Å²) in [5, 5.41) is 9.63. The van der Waals surface area contributed by atoms with Gasteiger partial charge in [0.1, 0.15) is 11.5 Å². The fourth-order valence-corrected chi connectivity index (χ4v) is 5.59. The molecule has 1 aliphatic heterocycles. The molecule has 0 radical (unpaired) electrons. The lowest BCUT2D eigenvalue weighted by molar-refractivity contribution is -0.142. The quantitative estimate of drug-likeness (QED) is 0.453. The molecule has 2 heterocycles. The zero-order valence-corrected chi connectivity index (χ0v) is 20.7. The molecule has 1 fully saturated rings. The second-order valence-electron chi connectivity index (χ2n) is 8.76. The van der Waals surface area contributed by atoms with Gasteiger partial charge in [0, 0.05) is 25.1 Å². The summed E-state index contributed by atoms with van der Waals surface area (Å²) < 4.78 is 37.6. The molecule has 186 valence electrons. The zero-order chi connectivity index (χ0) is 25.0. The lowest BCUT2D eigenvalue weighted by atomic mass is 9.90. The van der Waals surface area contributed by atoms with E-state index < -0.39 is 21.9 Å². The van der Waals surface area contributed by atoms with Crippen molar-refractivity contribution in [2.24, 2.45) is 11.8 Å². The van der Waals surface area contributed by atoms with E-state index in [4.69, 9.17) is 9.15 Å². The van der Waals surface area contributed by atoms with Crippen LogP contribution in [0.3, 0.4) is 0 Å². The van der Waals surface area contributed by atoms with Crippen molar-refractivity contribution in [1.29, 1.82) is 0 Å². The highest BCUT2D eigenvalue weighted by Crippen LogP contribution is 2.30. The lowest BCUT2D eigenvalue weighted by Gasteiger charge is -2.16. The lowest BCUT2D eigenvalue weighted by Crippen LogP contribution is -2.31. The summed E-state index contributed by atoms with van der Waals surface area (Å²) >= 11 is 0. The molecule has 0 spiro atoms. The molecule has 2 aromatic carbocycles. The summed E-state index contributed by atoms with van der Waals surface area (Å²) in [6.07, 6.45) is 1.05. The van der Waals surface area contributed by atoms with E-state index in [1.54, 1.807) is 6.92 Å². The first-order valence-corrected chi connectivity index (χ1v) is 13.3. The van der Waals surface area contributed by atoms with Crippen LogP contribution in [0, 0.1) is 18.8 Å². The third-order valence-corrected chi connectivity index (χ3v) is 8.21.